The Kier molecular flexibility index (Phi) is 8.23. The van der Waals surface area contributed by atoms with Gasteiger partial charge in [-0.3, -0.25) is 4.79 Å². The number of aldehydes is 1. The number of carbonyl (C=O) groups is 2. The molecule has 0 aromatic rings. The number of carbonyl (C=O) groups excluding carboxylic acids is 2. The van der Waals surface area contributed by atoms with Gasteiger partial charge in [-0.15, -0.1) is 0 Å². The third-order valence-corrected chi connectivity index (χ3v) is 3.74. The van der Waals surface area contributed by atoms with Crippen LogP contribution in [0.3, 0.4) is 0 Å². The minimum Gasteiger partial charge on any atom is -0.429 e. The number of allylic oxidation sites excluding steroid dienone is 3. The lowest BCUT2D eigenvalue weighted by Crippen LogP contribution is -2.59. The summed E-state index contributed by atoms with van der Waals surface area (Å²) in [6, 6.07) is 0. The highest BCUT2D eigenvalue weighted by Gasteiger charge is 2.45. The normalized spacial score (nSPS) is 31.7. The van der Waals surface area contributed by atoms with E-state index in [9.17, 15) is 24.9 Å². The molecule has 1 heterocycles. The molecular formula is C16H24O8. The van der Waals surface area contributed by atoms with Crippen LogP contribution < -0.4 is 0 Å². The number of hydrogen-bond acceptors (Lipinski definition) is 8. The average molecular weight is 344 g/mol. The van der Waals surface area contributed by atoms with Crippen LogP contribution in [-0.2, 0) is 19.1 Å². The lowest BCUT2D eigenvalue weighted by atomic mass is 9.99. The van der Waals surface area contributed by atoms with E-state index in [4.69, 9.17) is 14.6 Å². The second-order valence-electron chi connectivity index (χ2n) is 5.68. The van der Waals surface area contributed by atoms with E-state index in [2.05, 4.69) is 0 Å². The van der Waals surface area contributed by atoms with Crippen LogP contribution in [0.1, 0.15) is 26.7 Å². The number of rotatable bonds is 7. The molecule has 1 aliphatic heterocycles. The molecule has 0 bridgehead atoms. The Bertz CT molecular complexity index is 496. The molecule has 4 N–H and O–H groups in total. The van der Waals surface area contributed by atoms with Crippen molar-refractivity contribution in [1.82, 2.24) is 0 Å². The molecule has 1 rings (SSSR count). The maximum Gasteiger partial charge on any atom is 0.335 e. The van der Waals surface area contributed by atoms with Crippen molar-refractivity contribution in [3.63, 3.8) is 0 Å². The summed E-state index contributed by atoms with van der Waals surface area (Å²) in [7, 11) is 0. The van der Waals surface area contributed by atoms with Crippen LogP contribution in [0.2, 0.25) is 0 Å². The van der Waals surface area contributed by atoms with Crippen LogP contribution in [-0.4, -0.2) is 70.0 Å². The fourth-order valence-corrected chi connectivity index (χ4v) is 2.16. The topological polar surface area (TPSA) is 134 Å². The number of aliphatic hydroxyl groups is 4. The van der Waals surface area contributed by atoms with Crippen molar-refractivity contribution < 1.29 is 39.5 Å². The number of hydrogen-bond donors (Lipinski definition) is 4. The highest BCUT2D eigenvalue weighted by molar-refractivity contribution is 5.87. The van der Waals surface area contributed by atoms with Crippen molar-refractivity contribution in [3.8, 4) is 0 Å². The third-order valence-electron chi connectivity index (χ3n) is 3.74. The van der Waals surface area contributed by atoms with Gasteiger partial charge in [0, 0.05) is 5.57 Å². The van der Waals surface area contributed by atoms with Crippen LogP contribution in [0.4, 0.5) is 0 Å². The zero-order valence-electron chi connectivity index (χ0n) is 13.7. The quantitative estimate of drug-likeness (QED) is 0.268. The minimum atomic E-state index is -1.63. The SMILES string of the molecule is C/C(=C\C=O)CC/C=C(\C)C(=O)O[C@@H]1O[C@H](CO)[C@@H](O)[C@H](O)[C@H]1O. The Labute approximate surface area is 140 Å². The zero-order chi connectivity index (χ0) is 18.3. The summed E-state index contributed by atoms with van der Waals surface area (Å²) < 4.78 is 10.1. The fourth-order valence-electron chi connectivity index (χ4n) is 2.16. The Hall–Kier alpha value is -1.58. The van der Waals surface area contributed by atoms with Crippen LogP contribution >= 0.6 is 0 Å². The summed E-state index contributed by atoms with van der Waals surface area (Å²) in [5.41, 5.74) is 1.14. The Balaban J connectivity index is 2.62. The first kappa shape index (κ1) is 20.5. The van der Waals surface area contributed by atoms with Gasteiger partial charge < -0.3 is 29.9 Å². The van der Waals surface area contributed by atoms with Gasteiger partial charge in [-0.2, -0.15) is 0 Å². The van der Waals surface area contributed by atoms with Gasteiger partial charge in [0.1, 0.15) is 30.7 Å². The number of ether oxygens (including phenoxy) is 2. The molecule has 0 amide bonds. The van der Waals surface area contributed by atoms with Gasteiger partial charge in [-0.25, -0.2) is 4.79 Å². The van der Waals surface area contributed by atoms with Gasteiger partial charge in [-0.05, 0) is 32.8 Å². The smallest absolute Gasteiger partial charge is 0.335 e. The second-order valence-corrected chi connectivity index (χ2v) is 5.68. The van der Waals surface area contributed by atoms with Gasteiger partial charge >= 0.3 is 5.97 Å². The van der Waals surface area contributed by atoms with Crippen molar-refractivity contribution in [2.75, 3.05) is 6.61 Å². The standard InChI is InChI=1S/C16H24O8/c1-9(6-7-17)4-3-5-10(2)15(22)24-16-14(21)13(20)12(19)11(8-18)23-16/h5-7,11-14,16,18-21H,3-4,8H2,1-2H3/b9-6+,10-5+/t11-,12-,13+,14-,16+/m1/s1. The molecule has 1 aliphatic rings. The molecule has 1 fully saturated rings. The maximum absolute atomic E-state index is 12.0. The molecule has 5 atom stereocenters. The van der Waals surface area contributed by atoms with E-state index in [0.29, 0.717) is 19.1 Å². The molecule has 0 unspecified atom stereocenters. The van der Waals surface area contributed by atoms with Crippen LogP contribution in [0.5, 0.6) is 0 Å². The molecule has 0 radical (unpaired) electrons. The molecule has 1 saturated heterocycles. The van der Waals surface area contributed by atoms with Crippen molar-refractivity contribution >= 4 is 12.3 Å². The number of aliphatic hydroxyl groups excluding tert-OH is 4. The van der Waals surface area contributed by atoms with Gasteiger partial charge in [0.15, 0.2) is 0 Å². The lowest BCUT2D eigenvalue weighted by molar-refractivity contribution is -0.291. The van der Waals surface area contributed by atoms with Gasteiger partial charge in [0.2, 0.25) is 6.29 Å². The Morgan fingerprint density at radius 3 is 2.42 bits per heavy atom. The monoisotopic (exact) mass is 344 g/mol. The first-order valence-electron chi connectivity index (χ1n) is 7.61. The summed E-state index contributed by atoms with van der Waals surface area (Å²) in [5, 5.41) is 38.2. The average Bonchev–Trinajstić information content (AvgIpc) is 2.55. The molecule has 24 heavy (non-hydrogen) atoms. The van der Waals surface area contributed by atoms with Crippen molar-refractivity contribution in [2.24, 2.45) is 0 Å². The van der Waals surface area contributed by atoms with E-state index >= 15 is 0 Å². The summed E-state index contributed by atoms with van der Waals surface area (Å²) in [6.45, 7) is 2.71. The van der Waals surface area contributed by atoms with Gasteiger partial charge in [0.05, 0.1) is 6.61 Å². The predicted octanol–water partition coefficient (Wildman–Crippen LogP) is -0.799. The fraction of sp³-hybridized carbons (Fsp3) is 0.625. The first-order valence-corrected chi connectivity index (χ1v) is 7.61. The van der Waals surface area contributed by atoms with Crippen molar-refractivity contribution in [2.45, 2.75) is 57.4 Å². The molecule has 8 heteroatoms. The van der Waals surface area contributed by atoms with E-state index in [1.807, 2.05) is 0 Å². The Morgan fingerprint density at radius 2 is 1.83 bits per heavy atom. The minimum absolute atomic E-state index is 0.269. The summed E-state index contributed by atoms with van der Waals surface area (Å²) >= 11 is 0. The van der Waals surface area contributed by atoms with Crippen LogP contribution in [0.25, 0.3) is 0 Å². The second kappa shape index (κ2) is 9.65. The molecule has 0 spiro atoms. The van der Waals surface area contributed by atoms with E-state index < -0.39 is 43.3 Å². The van der Waals surface area contributed by atoms with E-state index in [1.165, 1.54) is 13.0 Å². The van der Waals surface area contributed by atoms with E-state index in [1.54, 1.807) is 13.0 Å². The molecule has 136 valence electrons. The molecule has 8 nitrogen and oxygen atoms in total. The zero-order valence-corrected chi connectivity index (χ0v) is 13.7. The largest absolute Gasteiger partial charge is 0.429 e. The summed E-state index contributed by atoms with van der Waals surface area (Å²) in [4.78, 5) is 22.3. The predicted molar refractivity (Wildman–Crippen MR) is 82.7 cm³/mol. The molecule has 0 aliphatic carbocycles. The lowest BCUT2D eigenvalue weighted by Gasteiger charge is -2.39. The highest BCUT2D eigenvalue weighted by atomic mass is 16.7. The highest BCUT2D eigenvalue weighted by Crippen LogP contribution is 2.22. The number of esters is 1. The molecule has 0 aromatic carbocycles. The van der Waals surface area contributed by atoms with E-state index in [-0.39, 0.29) is 5.57 Å². The third kappa shape index (κ3) is 5.50. The molecular weight excluding hydrogens is 320 g/mol. The van der Waals surface area contributed by atoms with Crippen molar-refractivity contribution in [3.05, 3.63) is 23.3 Å². The van der Waals surface area contributed by atoms with Crippen molar-refractivity contribution in [1.29, 1.82) is 0 Å². The molecule has 0 saturated carbocycles. The van der Waals surface area contributed by atoms with Gasteiger partial charge in [0.25, 0.3) is 0 Å². The summed E-state index contributed by atoms with van der Waals surface area (Å²) in [6.07, 6.45) is -2.50. The first-order chi connectivity index (χ1) is 11.3. The molecule has 0 aromatic heterocycles. The van der Waals surface area contributed by atoms with Crippen LogP contribution in [0, 0.1) is 0 Å². The Morgan fingerprint density at radius 1 is 1.17 bits per heavy atom. The summed E-state index contributed by atoms with van der Waals surface area (Å²) in [5.74, 6) is -0.753. The maximum atomic E-state index is 12.0. The van der Waals surface area contributed by atoms with Crippen LogP contribution in [0.15, 0.2) is 23.3 Å². The van der Waals surface area contributed by atoms with Gasteiger partial charge in [-0.1, -0.05) is 11.6 Å². The van der Waals surface area contributed by atoms with E-state index in [0.717, 1.165) is 5.57 Å².